The number of carbonyl (C=O) groups is 1. The second kappa shape index (κ2) is 7.75. The molecule has 1 fully saturated rings. The molecule has 1 saturated heterocycles. The number of nitrogens with zero attached hydrogens (tertiary/aromatic N) is 1. The Morgan fingerprint density at radius 1 is 1.04 bits per heavy atom. The SMILES string of the molecule is O=C(NC1CCN(CCc2ccccc2)CC1)c1cc2ccccc2o1. The molecule has 4 heteroatoms. The highest BCUT2D eigenvalue weighted by atomic mass is 16.3. The minimum absolute atomic E-state index is 0.107. The van der Waals surface area contributed by atoms with Gasteiger partial charge in [0.1, 0.15) is 5.58 Å². The van der Waals surface area contributed by atoms with Crippen LogP contribution in [0.1, 0.15) is 29.0 Å². The third-order valence-corrected chi connectivity index (χ3v) is 5.13. The zero-order chi connectivity index (χ0) is 17.8. The second-order valence-electron chi connectivity index (χ2n) is 6.97. The van der Waals surface area contributed by atoms with E-state index < -0.39 is 0 Å². The van der Waals surface area contributed by atoms with Crippen molar-refractivity contribution in [2.24, 2.45) is 0 Å². The van der Waals surface area contributed by atoms with Crippen LogP contribution >= 0.6 is 0 Å². The lowest BCUT2D eigenvalue weighted by Gasteiger charge is -2.32. The summed E-state index contributed by atoms with van der Waals surface area (Å²) in [4.78, 5) is 14.9. The van der Waals surface area contributed by atoms with Gasteiger partial charge in [-0.3, -0.25) is 4.79 Å². The highest BCUT2D eigenvalue weighted by molar-refractivity contribution is 5.96. The van der Waals surface area contributed by atoms with Crippen molar-refractivity contribution in [2.75, 3.05) is 19.6 Å². The fourth-order valence-corrected chi connectivity index (χ4v) is 3.58. The number of hydrogen-bond acceptors (Lipinski definition) is 3. The zero-order valence-corrected chi connectivity index (χ0v) is 14.9. The van der Waals surface area contributed by atoms with E-state index in [2.05, 4.69) is 40.5 Å². The number of amides is 1. The van der Waals surface area contributed by atoms with Crippen molar-refractivity contribution >= 4 is 16.9 Å². The highest BCUT2D eigenvalue weighted by Gasteiger charge is 2.22. The van der Waals surface area contributed by atoms with Gasteiger partial charge in [0.05, 0.1) is 0 Å². The smallest absolute Gasteiger partial charge is 0.287 e. The van der Waals surface area contributed by atoms with E-state index in [4.69, 9.17) is 4.42 Å². The maximum Gasteiger partial charge on any atom is 0.287 e. The Morgan fingerprint density at radius 2 is 1.77 bits per heavy atom. The number of furan rings is 1. The molecule has 0 radical (unpaired) electrons. The van der Waals surface area contributed by atoms with Crippen LogP contribution in [0.25, 0.3) is 11.0 Å². The molecule has 1 aliphatic rings. The van der Waals surface area contributed by atoms with Crippen LogP contribution in [0.2, 0.25) is 0 Å². The topological polar surface area (TPSA) is 45.5 Å². The van der Waals surface area contributed by atoms with E-state index in [9.17, 15) is 4.79 Å². The number of nitrogens with one attached hydrogen (secondary N) is 1. The molecule has 2 aromatic carbocycles. The van der Waals surface area contributed by atoms with Crippen LogP contribution < -0.4 is 5.32 Å². The van der Waals surface area contributed by atoms with Crippen LogP contribution in [0.4, 0.5) is 0 Å². The molecule has 3 aromatic rings. The Bertz CT molecular complexity index is 831. The van der Waals surface area contributed by atoms with Gasteiger partial charge in [0.2, 0.25) is 0 Å². The summed E-state index contributed by atoms with van der Waals surface area (Å²) >= 11 is 0. The average molecular weight is 348 g/mol. The van der Waals surface area contributed by atoms with Crippen molar-refractivity contribution in [1.29, 1.82) is 0 Å². The summed E-state index contributed by atoms with van der Waals surface area (Å²) in [7, 11) is 0. The van der Waals surface area contributed by atoms with Gasteiger partial charge in [-0.2, -0.15) is 0 Å². The predicted molar refractivity (Wildman–Crippen MR) is 103 cm³/mol. The van der Waals surface area contributed by atoms with E-state index in [1.807, 2.05) is 30.3 Å². The van der Waals surface area contributed by atoms with E-state index in [1.165, 1.54) is 5.56 Å². The minimum Gasteiger partial charge on any atom is -0.451 e. The van der Waals surface area contributed by atoms with Crippen LogP contribution in [0.5, 0.6) is 0 Å². The summed E-state index contributed by atoms with van der Waals surface area (Å²) in [5.74, 6) is 0.293. The van der Waals surface area contributed by atoms with Gasteiger partial charge in [-0.15, -0.1) is 0 Å². The molecule has 1 N–H and O–H groups in total. The van der Waals surface area contributed by atoms with Crippen LogP contribution in [0.3, 0.4) is 0 Å². The molecule has 0 saturated carbocycles. The molecule has 134 valence electrons. The largest absolute Gasteiger partial charge is 0.451 e. The van der Waals surface area contributed by atoms with Crippen molar-refractivity contribution in [1.82, 2.24) is 10.2 Å². The summed E-state index contributed by atoms with van der Waals surface area (Å²) in [6.45, 7) is 3.13. The lowest BCUT2D eigenvalue weighted by Crippen LogP contribution is -2.45. The van der Waals surface area contributed by atoms with E-state index in [0.29, 0.717) is 5.76 Å². The molecule has 2 heterocycles. The Kier molecular flexibility index (Phi) is 5.02. The van der Waals surface area contributed by atoms with Crippen molar-refractivity contribution < 1.29 is 9.21 Å². The maximum atomic E-state index is 12.5. The fraction of sp³-hybridized carbons (Fsp3) is 0.318. The Morgan fingerprint density at radius 3 is 2.54 bits per heavy atom. The molecule has 1 aromatic heterocycles. The Balaban J connectivity index is 1.26. The molecular weight excluding hydrogens is 324 g/mol. The van der Waals surface area contributed by atoms with Gasteiger partial charge in [-0.05, 0) is 37.0 Å². The minimum atomic E-state index is -0.107. The summed E-state index contributed by atoms with van der Waals surface area (Å²) in [6.07, 6.45) is 3.05. The lowest BCUT2D eigenvalue weighted by atomic mass is 10.0. The number of rotatable bonds is 5. The van der Waals surface area contributed by atoms with Gasteiger partial charge in [-0.25, -0.2) is 0 Å². The molecule has 0 atom stereocenters. The number of hydrogen-bond donors (Lipinski definition) is 1. The first-order valence-corrected chi connectivity index (χ1v) is 9.34. The molecule has 26 heavy (non-hydrogen) atoms. The van der Waals surface area contributed by atoms with Crippen molar-refractivity contribution in [3.05, 3.63) is 72.0 Å². The van der Waals surface area contributed by atoms with Crippen molar-refractivity contribution in [3.63, 3.8) is 0 Å². The van der Waals surface area contributed by atoms with Gasteiger partial charge in [0, 0.05) is 31.1 Å². The van der Waals surface area contributed by atoms with Gasteiger partial charge in [0.15, 0.2) is 5.76 Å². The lowest BCUT2D eigenvalue weighted by molar-refractivity contribution is 0.0885. The first kappa shape index (κ1) is 16.9. The highest BCUT2D eigenvalue weighted by Crippen LogP contribution is 2.19. The number of fused-ring (bicyclic) bond motifs is 1. The monoisotopic (exact) mass is 348 g/mol. The fourth-order valence-electron chi connectivity index (χ4n) is 3.58. The predicted octanol–water partition coefficient (Wildman–Crippen LogP) is 3.87. The van der Waals surface area contributed by atoms with E-state index in [0.717, 1.165) is 49.9 Å². The summed E-state index contributed by atoms with van der Waals surface area (Å²) < 4.78 is 5.66. The molecule has 0 spiro atoms. The Hall–Kier alpha value is -2.59. The molecule has 1 aliphatic heterocycles. The van der Waals surface area contributed by atoms with Gasteiger partial charge in [0.25, 0.3) is 5.91 Å². The van der Waals surface area contributed by atoms with Crippen LogP contribution in [0.15, 0.2) is 65.1 Å². The molecular formula is C22H24N2O2. The molecule has 0 bridgehead atoms. The number of piperidine rings is 1. The van der Waals surface area contributed by atoms with Crippen molar-refractivity contribution in [2.45, 2.75) is 25.3 Å². The standard InChI is InChI=1S/C22H24N2O2/c25-22(21-16-18-8-4-5-9-20(18)26-21)23-19-11-14-24(15-12-19)13-10-17-6-2-1-3-7-17/h1-9,16,19H,10-15H2,(H,23,25). The number of likely N-dealkylation sites (tertiary alicyclic amines) is 1. The molecule has 0 unspecified atom stereocenters. The summed E-state index contributed by atoms with van der Waals surface area (Å²) in [6, 6.07) is 20.4. The zero-order valence-electron chi connectivity index (χ0n) is 14.9. The number of carbonyl (C=O) groups excluding carboxylic acids is 1. The Labute approximate surface area is 153 Å². The molecule has 4 rings (SSSR count). The van der Waals surface area contributed by atoms with Crippen LogP contribution in [0, 0.1) is 0 Å². The normalized spacial score (nSPS) is 16.0. The number of benzene rings is 2. The second-order valence-corrected chi connectivity index (χ2v) is 6.97. The molecule has 0 aliphatic carbocycles. The third kappa shape index (κ3) is 3.97. The van der Waals surface area contributed by atoms with E-state index in [-0.39, 0.29) is 11.9 Å². The summed E-state index contributed by atoms with van der Waals surface area (Å²) in [5.41, 5.74) is 2.14. The van der Waals surface area contributed by atoms with Gasteiger partial charge >= 0.3 is 0 Å². The van der Waals surface area contributed by atoms with Gasteiger partial charge in [-0.1, -0.05) is 48.5 Å². The molecule has 4 nitrogen and oxygen atoms in total. The summed E-state index contributed by atoms with van der Waals surface area (Å²) in [5, 5.41) is 4.10. The van der Waals surface area contributed by atoms with E-state index >= 15 is 0 Å². The first-order chi connectivity index (χ1) is 12.8. The number of para-hydroxylation sites is 1. The van der Waals surface area contributed by atoms with Gasteiger partial charge < -0.3 is 14.6 Å². The maximum absolute atomic E-state index is 12.5. The first-order valence-electron chi connectivity index (χ1n) is 9.34. The third-order valence-electron chi connectivity index (χ3n) is 5.13. The molecule has 1 amide bonds. The van der Waals surface area contributed by atoms with Crippen LogP contribution in [-0.2, 0) is 6.42 Å². The van der Waals surface area contributed by atoms with E-state index in [1.54, 1.807) is 0 Å². The van der Waals surface area contributed by atoms with Crippen LogP contribution in [-0.4, -0.2) is 36.5 Å². The quantitative estimate of drug-likeness (QED) is 0.761. The van der Waals surface area contributed by atoms with Crippen molar-refractivity contribution in [3.8, 4) is 0 Å². The average Bonchev–Trinajstić information content (AvgIpc) is 3.13.